The van der Waals surface area contributed by atoms with Crippen LogP contribution in [0.1, 0.15) is 48.2 Å². The topological polar surface area (TPSA) is 76.1 Å². The third-order valence-corrected chi connectivity index (χ3v) is 4.32. The van der Waals surface area contributed by atoms with Gasteiger partial charge in [-0.1, -0.05) is 19.9 Å². The average Bonchev–Trinajstić information content (AvgIpc) is 2.66. The molecule has 0 spiro atoms. The van der Waals surface area contributed by atoms with Crippen LogP contribution >= 0.6 is 0 Å². The van der Waals surface area contributed by atoms with Crippen LogP contribution in [0.3, 0.4) is 0 Å². The number of alkyl halides is 3. The van der Waals surface area contributed by atoms with Crippen LogP contribution in [-0.2, 0) is 10.9 Å². The Morgan fingerprint density at radius 3 is 2.50 bits per heavy atom. The summed E-state index contributed by atoms with van der Waals surface area (Å²) >= 11 is 0. The number of nitrogens with one attached hydrogen (secondary N) is 2. The molecule has 0 aliphatic carbocycles. The number of benzene rings is 1. The molecule has 1 aromatic carbocycles. The maximum absolute atomic E-state index is 13.3. The van der Waals surface area contributed by atoms with Crippen LogP contribution in [0.5, 0.6) is 0 Å². The van der Waals surface area contributed by atoms with Crippen molar-refractivity contribution in [1.82, 2.24) is 9.97 Å². The minimum Gasteiger partial charge on any atom is -0.465 e. The highest BCUT2D eigenvalue weighted by Gasteiger charge is 2.35. The molecule has 0 atom stereocenters. The van der Waals surface area contributed by atoms with Gasteiger partial charge in [-0.15, -0.1) is 0 Å². The maximum Gasteiger partial charge on any atom is 0.421 e. The first-order chi connectivity index (χ1) is 13.2. The Hall–Kier alpha value is -2.84. The lowest BCUT2D eigenvalue weighted by Crippen LogP contribution is -2.22. The third-order valence-electron chi connectivity index (χ3n) is 4.32. The molecule has 0 bridgehead atoms. The molecule has 0 aliphatic rings. The number of aromatic nitrogens is 2. The Morgan fingerprint density at radius 1 is 1.25 bits per heavy atom. The number of carbonyl (C=O) groups is 1. The normalized spacial score (nSPS) is 11.4. The highest BCUT2D eigenvalue weighted by atomic mass is 19.4. The second kappa shape index (κ2) is 8.90. The van der Waals surface area contributed by atoms with E-state index in [2.05, 4.69) is 20.6 Å². The summed E-state index contributed by atoms with van der Waals surface area (Å²) in [6, 6.07) is 4.77. The van der Waals surface area contributed by atoms with Crippen molar-refractivity contribution in [2.75, 3.05) is 17.7 Å². The quantitative estimate of drug-likeness (QED) is 0.646. The molecule has 1 aromatic heterocycles. The van der Waals surface area contributed by atoms with Gasteiger partial charge in [0.25, 0.3) is 0 Å². The smallest absolute Gasteiger partial charge is 0.421 e. The molecule has 0 aliphatic heterocycles. The second-order valence-corrected chi connectivity index (χ2v) is 6.26. The number of carbonyl (C=O) groups excluding carboxylic acids is 1. The molecule has 2 aromatic rings. The van der Waals surface area contributed by atoms with E-state index in [-0.39, 0.29) is 17.8 Å². The predicted octanol–water partition coefficient (Wildman–Crippen LogP) is 4.93. The van der Waals surface area contributed by atoms with Gasteiger partial charge in [0.1, 0.15) is 11.4 Å². The van der Waals surface area contributed by atoms with Gasteiger partial charge in [0, 0.05) is 17.9 Å². The molecule has 1 heterocycles. The number of hydrogen-bond acceptors (Lipinski definition) is 6. The fraction of sp³-hybridized carbons (Fsp3) is 0.421. The molecule has 0 radical (unpaired) electrons. The van der Waals surface area contributed by atoms with Crippen molar-refractivity contribution in [3.8, 4) is 0 Å². The van der Waals surface area contributed by atoms with Crippen molar-refractivity contribution < 1.29 is 22.7 Å². The number of ether oxygens (including phenoxy) is 1. The van der Waals surface area contributed by atoms with Gasteiger partial charge in [-0.3, -0.25) is 0 Å². The van der Waals surface area contributed by atoms with Crippen molar-refractivity contribution in [1.29, 1.82) is 0 Å². The first-order valence-electron chi connectivity index (χ1n) is 8.86. The number of esters is 1. The Labute approximate surface area is 161 Å². The largest absolute Gasteiger partial charge is 0.465 e. The van der Waals surface area contributed by atoms with Gasteiger partial charge < -0.3 is 15.4 Å². The SMILES string of the molecule is CCC(CC)Nc1nc(Nc2ccc(C)c(C(=O)OC)c2)ncc1C(F)(F)F. The van der Waals surface area contributed by atoms with Gasteiger partial charge in [0.2, 0.25) is 5.95 Å². The molecule has 6 nitrogen and oxygen atoms in total. The van der Waals surface area contributed by atoms with E-state index in [1.54, 1.807) is 19.1 Å². The zero-order valence-electron chi connectivity index (χ0n) is 16.1. The molecule has 0 unspecified atom stereocenters. The van der Waals surface area contributed by atoms with Crippen LogP contribution in [0.25, 0.3) is 0 Å². The fourth-order valence-corrected chi connectivity index (χ4v) is 2.60. The number of anilines is 3. The lowest BCUT2D eigenvalue weighted by atomic mass is 10.1. The van der Waals surface area contributed by atoms with E-state index in [0.29, 0.717) is 29.7 Å². The molecule has 0 saturated carbocycles. The number of hydrogen-bond donors (Lipinski definition) is 2. The minimum atomic E-state index is -4.57. The van der Waals surface area contributed by atoms with Gasteiger partial charge in [-0.25, -0.2) is 9.78 Å². The minimum absolute atomic E-state index is 0.0128. The van der Waals surface area contributed by atoms with Crippen molar-refractivity contribution in [3.63, 3.8) is 0 Å². The Bertz CT molecular complexity index is 836. The van der Waals surface area contributed by atoms with Gasteiger partial charge in [-0.05, 0) is 37.5 Å². The van der Waals surface area contributed by atoms with E-state index in [1.165, 1.54) is 13.2 Å². The number of methoxy groups -OCH3 is 1. The molecular formula is C19H23F3N4O2. The third kappa shape index (κ3) is 5.11. The van der Waals surface area contributed by atoms with E-state index in [4.69, 9.17) is 4.74 Å². The molecule has 0 saturated heterocycles. The van der Waals surface area contributed by atoms with E-state index >= 15 is 0 Å². The highest BCUT2D eigenvalue weighted by molar-refractivity contribution is 5.92. The summed E-state index contributed by atoms with van der Waals surface area (Å²) in [5, 5.41) is 5.68. The van der Waals surface area contributed by atoms with E-state index in [0.717, 1.165) is 6.20 Å². The summed E-state index contributed by atoms with van der Waals surface area (Å²) in [4.78, 5) is 19.6. The molecule has 152 valence electrons. The van der Waals surface area contributed by atoms with Gasteiger partial charge in [0.15, 0.2) is 0 Å². The van der Waals surface area contributed by atoms with Crippen LogP contribution in [-0.4, -0.2) is 29.1 Å². The number of halogens is 3. The average molecular weight is 396 g/mol. The van der Waals surface area contributed by atoms with Crippen LogP contribution in [0.2, 0.25) is 0 Å². The van der Waals surface area contributed by atoms with E-state index in [9.17, 15) is 18.0 Å². The number of rotatable bonds is 7. The number of nitrogens with zero attached hydrogens (tertiary/aromatic N) is 2. The molecular weight excluding hydrogens is 373 g/mol. The molecule has 0 amide bonds. The molecule has 9 heteroatoms. The summed E-state index contributed by atoms with van der Waals surface area (Å²) in [6.07, 6.45) is -2.52. The van der Waals surface area contributed by atoms with Crippen molar-refractivity contribution in [2.45, 2.75) is 45.8 Å². The van der Waals surface area contributed by atoms with Crippen LogP contribution < -0.4 is 10.6 Å². The Morgan fingerprint density at radius 2 is 1.93 bits per heavy atom. The summed E-state index contributed by atoms with van der Waals surface area (Å²) in [5.41, 5.74) is 0.583. The molecule has 2 rings (SSSR count). The monoisotopic (exact) mass is 396 g/mol. The summed E-state index contributed by atoms with van der Waals surface area (Å²) in [7, 11) is 1.27. The predicted molar refractivity (Wildman–Crippen MR) is 101 cm³/mol. The summed E-state index contributed by atoms with van der Waals surface area (Å²) in [6.45, 7) is 5.52. The van der Waals surface area contributed by atoms with Gasteiger partial charge in [-0.2, -0.15) is 18.2 Å². The fourth-order valence-electron chi connectivity index (χ4n) is 2.60. The molecule has 28 heavy (non-hydrogen) atoms. The van der Waals surface area contributed by atoms with Gasteiger partial charge in [0.05, 0.1) is 12.7 Å². The zero-order chi connectivity index (χ0) is 20.9. The van der Waals surface area contributed by atoms with E-state index in [1.807, 2.05) is 13.8 Å². The van der Waals surface area contributed by atoms with Crippen LogP contribution in [0.4, 0.5) is 30.6 Å². The van der Waals surface area contributed by atoms with Crippen LogP contribution in [0, 0.1) is 6.92 Å². The van der Waals surface area contributed by atoms with Crippen LogP contribution in [0.15, 0.2) is 24.4 Å². The molecule has 0 fully saturated rings. The lowest BCUT2D eigenvalue weighted by molar-refractivity contribution is -0.137. The Kier molecular flexibility index (Phi) is 6.82. The molecule has 2 N–H and O–H groups in total. The maximum atomic E-state index is 13.3. The first kappa shape index (κ1) is 21.5. The van der Waals surface area contributed by atoms with Crippen molar-refractivity contribution >= 4 is 23.4 Å². The zero-order valence-corrected chi connectivity index (χ0v) is 16.1. The lowest BCUT2D eigenvalue weighted by Gasteiger charge is -2.20. The second-order valence-electron chi connectivity index (χ2n) is 6.26. The Balaban J connectivity index is 2.38. The van der Waals surface area contributed by atoms with Gasteiger partial charge >= 0.3 is 12.1 Å². The summed E-state index contributed by atoms with van der Waals surface area (Å²) in [5.74, 6) is -0.800. The van der Waals surface area contributed by atoms with E-state index < -0.39 is 17.7 Å². The standard InChI is InChI=1S/C19H23F3N4O2/c1-5-12(6-2)24-16-15(19(20,21)22)10-23-18(26-16)25-13-8-7-11(3)14(9-13)17(27)28-4/h7-10,12H,5-6H2,1-4H3,(H2,23,24,25,26). The summed E-state index contributed by atoms with van der Waals surface area (Å²) < 4.78 is 44.6. The first-order valence-corrected chi connectivity index (χ1v) is 8.86. The number of aryl methyl sites for hydroxylation is 1. The van der Waals surface area contributed by atoms with Crippen molar-refractivity contribution in [3.05, 3.63) is 41.1 Å². The highest BCUT2D eigenvalue weighted by Crippen LogP contribution is 2.34. The van der Waals surface area contributed by atoms with Crippen molar-refractivity contribution in [2.24, 2.45) is 0 Å².